The van der Waals surface area contributed by atoms with Crippen LogP contribution in [0.15, 0.2) is 25.3 Å². The van der Waals surface area contributed by atoms with E-state index in [1.165, 1.54) is 0 Å². The molecule has 0 saturated carbocycles. The van der Waals surface area contributed by atoms with Gasteiger partial charge in [-0.2, -0.15) is 17.6 Å². The molecule has 0 saturated heterocycles. The molecule has 0 aliphatic heterocycles. The second kappa shape index (κ2) is 12.2. The van der Waals surface area contributed by atoms with Crippen LogP contribution in [0.25, 0.3) is 0 Å². The third-order valence-corrected chi connectivity index (χ3v) is 0. The first-order chi connectivity index (χ1) is 5.20. The number of carboxylic acid groups (broad SMARTS) is 2. The quantitative estimate of drug-likeness (QED) is 0.577. The molecule has 0 fully saturated rings. The largest absolute Gasteiger partial charge is 0.503 e. The first-order valence-corrected chi connectivity index (χ1v) is 2.11. The molecule has 2 N–H and O–H groups in total. The number of carbonyl (C=O) groups is 1. The second-order valence-electron chi connectivity index (χ2n) is 0.960. The second-order valence-corrected chi connectivity index (χ2v) is 0.960. The molecule has 0 aromatic carbocycles. The molecule has 0 unspecified atom stereocenters. The van der Waals surface area contributed by atoms with Gasteiger partial charge in [0, 0.05) is 0 Å². The highest BCUT2D eigenvalue weighted by molar-refractivity contribution is 5.53. The molecule has 0 aliphatic rings. The van der Waals surface area contributed by atoms with Crippen LogP contribution in [0.2, 0.25) is 0 Å². The lowest BCUT2D eigenvalue weighted by atomic mass is 11.2. The van der Waals surface area contributed by atoms with Crippen molar-refractivity contribution in [2.45, 2.75) is 0 Å². The van der Waals surface area contributed by atoms with Gasteiger partial charge in [0.05, 0.1) is 0 Å². The van der Waals surface area contributed by atoms with Gasteiger partial charge in [-0.1, -0.05) is 0 Å². The van der Waals surface area contributed by atoms with Gasteiger partial charge in [-0.05, 0) is 13.2 Å². The molecular weight excluding hydrogens is 184 g/mol. The van der Waals surface area contributed by atoms with Crippen LogP contribution in [0.3, 0.4) is 0 Å². The molecule has 0 amide bonds. The molecule has 0 bridgehead atoms. The highest BCUT2D eigenvalue weighted by atomic mass is 19.3. The molecule has 0 radical (unpaired) electrons. The van der Waals surface area contributed by atoms with Crippen LogP contribution in [0.5, 0.6) is 0 Å². The van der Waals surface area contributed by atoms with E-state index in [1.54, 1.807) is 0 Å². The van der Waals surface area contributed by atoms with Gasteiger partial charge >= 0.3 is 6.16 Å². The smallest absolute Gasteiger partial charge is 0.450 e. The Morgan fingerprint density at radius 3 is 0.917 bits per heavy atom. The fraction of sp³-hybridized carbons (Fsp3) is 0. The van der Waals surface area contributed by atoms with Gasteiger partial charge in [-0.3, -0.25) is 0 Å². The SMILES string of the molecule is C=C(F)F.C=C(F)F.O=C(O)O. The lowest BCUT2D eigenvalue weighted by molar-refractivity contribution is 0.137. The van der Waals surface area contributed by atoms with E-state index in [0.29, 0.717) is 0 Å². The molecule has 0 aromatic rings. The van der Waals surface area contributed by atoms with E-state index in [1.807, 2.05) is 0 Å². The summed E-state index contributed by atoms with van der Waals surface area (Å²) in [7, 11) is 0. The molecule has 0 spiro atoms. The summed E-state index contributed by atoms with van der Waals surface area (Å²) in [6.45, 7) is 4.44. The van der Waals surface area contributed by atoms with E-state index in [2.05, 4.69) is 13.2 Å². The maximum Gasteiger partial charge on any atom is 0.503 e. The molecule has 12 heavy (non-hydrogen) atoms. The zero-order valence-electron chi connectivity index (χ0n) is 5.73. The number of hydrogen-bond donors (Lipinski definition) is 2. The molecule has 0 rings (SSSR count). The van der Waals surface area contributed by atoms with E-state index < -0.39 is 18.3 Å². The van der Waals surface area contributed by atoms with Gasteiger partial charge in [0.2, 0.25) is 0 Å². The van der Waals surface area contributed by atoms with E-state index in [4.69, 9.17) is 15.0 Å². The van der Waals surface area contributed by atoms with Gasteiger partial charge in [0.25, 0.3) is 12.2 Å². The van der Waals surface area contributed by atoms with E-state index in [-0.39, 0.29) is 0 Å². The van der Waals surface area contributed by atoms with Crippen LogP contribution in [0.4, 0.5) is 22.4 Å². The summed E-state index contributed by atoms with van der Waals surface area (Å²) in [6, 6.07) is 0. The zero-order valence-corrected chi connectivity index (χ0v) is 5.73. The highest BCUT2D eigenvalue weighted by Gasteiger charge is 1.70. The van der Waals surface area contributed by atoms with E-state index in [0.717, 1.165) is 0 Å². The van der Waals surface area contributed by atoms with Crippen LogP contribution >= 0.6 is 0 Å². The third kappa shape index (κ3) is 202. The van der Waals surface area contributed by atoms with Crippen molar-refractivity contribution in [1.29, 1.82) is 0 Å². The first-order valence-electron chi connectivity index (χ1n) is 2.11. The van der Waals surface area contributed by atoms with Crippen molar-refractivity contribution in [3.8, 4) is 0 Å². The Morgan fingerprint density at radius 1 is 0.917 bits per heavy atom. The molecule has 3 nitrogen and oxygen atoms in total. The fourth-order valence-corrected chi connectivity index (χ4v) is 0. The van der Waals surface area contributed by atoms with Crippen LogP contribution in [0.1, 0.15) is 0 Å². The van der Waals surface area contributed by atoms with Crippen LogP contribution < -0.4 is 0 Å². The van der Waals surface area contributed by atoms with Crippen molar-refractivity contribution in [2.24, 2.45) is 0 Å². The summed E-state index contributed by atoms with van der Waals surface area (Å²) in [4.78, 5) is 8.56. The lowest BCUT2D eigenvalue weighted by Crippen LogP contribution is -1.81. The number of halogens is 4. The summed E-state index contributed by atoms with van der Waals surface area (Å²) in [6.07, 6.45) is -5.50. The van der Waals surface area contributed by atoms with Crippen molar-refractivity contribution in [1.82, 2.24) is 0 Å². The van der Waals surface area contributed by atoms with Gasteiger partial charge in [-0.25, -0.2) is 4.79 Å². The highest BCUT2D eigenvalue weighted by Crippen LogP contribution is 1.85. The fourth-order valence-electron chi connectivity index (χ4n) is 0. The predicted octanol–water partition coefficient (Wildman–Crippen LogP) is 3.02. The van der Waals surface area contributed by atoms with Crippen LogP contribution in [-0.4, -0.2) is 16.4 Å². The van der Waals surface area contributed by atoms with E-state index >= 15 is 0 Å². The molecule has 7 heteroatoms. The lowest BCUT2D eigenvalue weighted by Gasteiger charge is -1.60. The first kappa shape index (κ1) is 16.8. The topological polar surface area (TPSA) is 57.5 Å². The number of hydrogen-bond acceptors (Lipinski definition) is 1. The van der Waals surface area contributed by atoms with Gasteiger partial charge in [-0.15, -0.1) is 0 Å². The van der Waals surface area contributed by atoms with Gasteiger partial charge < -0.3 is 10.2 Å². The van der Waals surface area contributed by atoms with Gasteiger partial charge in [0.15, 0.2) is 0 Å². The summed E-state index contributed by atoms with van der Waals surface area (Å²) in [5.41, 5.74) is 0. The Kier molecular flexibility index (Phi) is 17.1. The maximum atomic E-state index is 10.1. The summed E-state index contributed by atoms with van der Waals surface area (Å²) in [5.74, 6) is 0. The Balaban J connectivity index is -0.000000101. The third-order valence-electron chi connectivity index (χ3n) is 0. The van der Waals surface area contributed by atoms with Crippen molar-refractivity contribution in [2.75, 3.05) is 0 Å². The van der Waals surface area contributed by atoms with Gasteiger partial charge in [0.1, 0.15) is 0 Å². The Bertz CT molecular complexity index is 116. The van der Waals surface area contributed by atoms with E-state index in [9.17, 15) is 17.6 Å². The van der Waals surface area contributed by atoms with Crippen LogP contribution in [0, 0.1) is 0 Å². The average Bonchev–Trinajstić information content (AvgIpc) is 1.54. The summed E-state index contributed by atoms with van der Waals surface area (Å²) < 4.78 is 40.6. The average molecular weight is 190 g/mol. The van der Waals surface area contributed by atoms with Crippen LogP contribution in [-0.2, 0) is 0 Å². The molecule has 0 aliphatic carbocycles. The number of rotatable bonds is 0. The molecule has 0 atom stereocenters. The molecule has 0 heterocycles. The Morgan fingerprint density at radius 2 is 0.917 bits per heavy atom. The zero-order chi connectivity index (χ0) is 10.7. The standard InChI is InChI=1S/2C2H2F2.CH2O3/c2*1-2(3)4;2-1(3)4/h2*1H2;(H2,2,3,4). The van der Waals surface area contributed by atoms with Crippen molar-refractivity contribution >= 4 is 6.16 Å². The maximum absolute atomic E-state index is 10.1. The molecule has 0 aromatic heterocycles. The minimum absolute atomic E-state index is 1.83. The summed E-state index contributed by atoms with van der Waals surface area (Å²) >= 11 is 0. The normalized spacial score (nSPS) is 6.33. The summed E-state index contributed by atoms with van der Waals surface area (Å²) in [5, 5.41) is 13.9. The van der Waals surface area contributed by atoms with Crippen molar-refractivity contribution in [3.63, 3.8) is 0 Å². The van der Waals surface area contributed by atoms with Crippen molar-refractivity contribution in [3.05, 3.63) is 25.3 Å². The monoisotopic (exact) mass is 190 g/mol. The minimum atomic E-state index is -1.83. The Hall–Kier alpha value is -1.53. The Labute approximate surface area is 65.2 Å². The molecule has 72 valence electrons. The minimum Gasteiger partial charge on any atom is -0.450 e. The predicted molar refractivity (Wildman–Crippen MR) is 33.4 cm³/mol. The molecular formula is C5H6F4O3. The van der Waals surface area contributed by atoms with Crippen molar-refractivity contribution < 1.29 is 32.6 Å².